The average molecular weight is 305 g/mol. The highest BCUT2D eigenvalue weighted by atomic mass is 19.2. The number of nitrogens with one attached hydrogen (secondary N) is 1. The number of amides is 1. The molecule has 2 nitrogen and oxygen atoms in total. The lowest BCUT2D eigenvalue weighted by Crippen LogP contribution is -2.25. The second-order valence-corrected chi connectivity index (χ2v) is 5.36. The maximum Gasteiger partial charge on any atom is 0.232 e. The predicted molar refractivity (Wildman–Crippen MR) is 77.1 cm³/mol. The summed E-state index contributed by atoms with van der Waals surface area (Å²) in [6, 6.07) is 9.42. The Balaban J connectivity index is 1.86. The molecule has 2 aromatic carbocycles. The molecule has 0 bridgehead atoms. The number of hydrogen-bond acceptors (Lipinski definition) is 1. The van der Waals surface area contributed by atoms with E-state index in [0.717, 1.165) is 36.1 Å². The second kappa shape index (κ2) is 5.83. The molecule has 0 spiro atoms. The van der Waals surface area contributed by atoms with E-state index in [4.69, 9.17) is 0 Å². The summed E-state index contributed by atoms with van der Waals surface area (Å²) in [5.74, 6) is -5.05. The summed E-state index contributed by atoms with van der Waals surface area (Å²) in [5.41, 5.74) is 1.67. The van der Waals surface area contributed by atoms with Gasteiger partial charge in [-0.15, -0.1) is 0 Å². The molecule has 22 heavy (non-hydrogen) atoms. The third kappa shape index (κ3) is 2.58. The van der Waals surface area contributed by atoms with Gasteiger partial charge in [0, 0.05) is 0 Å². The molecule has 1 N–H and O–H groups in total. The summed E-state index contributed by atoms with van der Waals surface area (Å²) in [5, 5.41) is 2.37. The molecular weight excluding hydrogens is 291 g/mol. The fraction of sp³-hybridized carbons (Fsp3) is 0.235. The van der Waals surface area contributed by atoms with Gasteiger partial charge in [-0.1, -0.05) is 24.3 Å². The fourth-order valence-corrected chi connectivity index (χ4v) is 2.87. The second-order valence-electron chi connectivity index (χ2n) is 5.36. The zero-order valence-electron chi connectivity index (χ0n) is 11.7. The maximum absolute atomic E-state index is 13.7. The molecule has 0 saturated carbocycles. The van der Waals surface area contributed by atoms with Crippen molar-refractivity contribution >= 4 is 11.6 Å². The molecule has 0 saturated heterocycles. The molecule has 3 rings (SSSR count). The number of hydrogen-bond donors (Lipinski definition) is 1. The van der Waals surface area contributed by atoms with Crippen LogP contribution in [0.3, 0.4) is 0 Å². The summed E-state index contributed by atoms with van der Waals surface area (Å²) in [6.45, 7) is 0. The maximum atomic E-state index is 13.7. The van der Waals surface area contributed by atoms with E-state index in [0.29, 0.717) is 6.42 Å². The lowest BCUT2D eigenvalue weighted by atomic mass is 9.82. The molecule has 1 aliphatic rings. The highest BCUT2D eigenvalue weighted by Crippen LogP contribution is 2.32. The van der Waals surface area contributed by atoms with E-state index in [9.17, 15) is 18.0 Å². The minimum absolute atomic E-state index is 0.341. The van der Waals surface area contributed by atoms with Gasteiger partial charge in [-0.05, 0) is 42.5 Å². The molecule has 0 aliphatic heterocycles. The normalized spacial score (nSPS) is 17.0. The Morgan fingerprint density at radius 3 is 2.64 bits per heavy atom. The van der Waals surface area contributed by atoms with Crippen molar-refractivity contribution in [3.05, 3.63) is 65.0 Å². The molecule has 114 valence electrons. The van der Waals surface area contributed by atoms with Crippen LogP contribution in [0.1, 0.15) is 29.9 Å². The standard InChI is InChI=1S/C17H14F3NO/c18-13-8-9-14(16(20)15(13)19)21-17(22)12-7-3-5-10-4-1-2-6-11(10)12/h1-2,4,6,8-9,12H,3,5,7H2,(H,21,22). The third-order valence-electron chi connectivity index (χ3n) is 3.98. The van der Waals surface area contributed by atoms with Crippen LogP contribution in [0.15, 0.2) is 36.4 Å². The van der Waals surface area contributed by atoms with Crippen molar-refractivity contribution in [1.29, 1.82) is 0 Å². The van der Waals surface area contributed by atoms with Crippen LogP contribution >= 0.6 is 0 Å². The summed E-state index contributed by atoms with van der Waals surface area (Å²) in [7, 11) is 0. The van der Waals surface area contributed by atoms with Gasteiger partial charge >= 0.3 is 0 Å². The minimum atomic E-state index is -1.58. The first-order chi connectivity index (χ1) is 10.6. The fourth-order valence-electron chi connectivity index (χ4n) is 2.87. The van der Waals surface area contributed by atoms with Crippen LogP contribution in [0.4, 0.5) is 18.9 Å². The Morgan fingerprint density at radius 2 is 1.82 bits per heavy atom. The number of carbonyl (C=O) groups excluding carboxylic acids is 1. The summed E-state index contributed by atoms with van der Waals surface area (Å²) < 4.78 is 39.8. The van der Waals surface area contributed by atoms with Crippen LogP contribution in [0.2, 0.25) is 0 Å². The van der Waals surface area contributed by atoms with E-state index in [2.05, 4.69) is 5.32 Å². The van der Waals surface area contributed by atoms with E-state index in [1.165, 1.54) is 0 Å². The van der Waals surface area contributed by atoms with Crippen molar-refractivity contribution in [1.82, 2.24) is 0 Å². The highest BCUT2D eigenvalue weighted by molar-refractivity contribution is 5.96. The van der Waals surface area contributed by atoms with Gasteiger partial charge in [0.25, 0.3) is 0 Å². The van der Waals surface area contributed by atoms with E-state index in [1.54, 1.807) is 0 Å². The van der Waals surface area contributed by atoms with Crippen LogP contribution in [-0.4, -0.2) is 5.91 Å². The largest absolute Gasteiger partial charge is 0.323 e. The van der Waals surface area contributed by atoms with Gasteiger partial charge in [0.2, 0.25) is 5.91 Å². The van der Waals surface area contributed by atoms with Crippen LogP contribution < -0.4 is 5.32 Å². The van der Waals surface area contributed by atoms with Crippen molar-refractivity contribution < 1.29 is 18.0 Å². The van der Waals surface area contributed by atoms with Crippen molar-refractivity contribution in [2.45, 2.75) is 25.2 Å². The predicted octanol–water partition coefficient (Wildman–Crippen LogP) is 4.16. The Bertz CT molecular complexity index is 730. The van der Waals surface area contributed by atoms with Crippen LogP contribution in [-0.2, 0) is 11.2 Å². The zero-order chi connectivity index (χ0) is 15.7. The molecule has 1 aliphatic carbocycles. The van der Waals surface area contributed by atoms with Crippen LogP contribution in [0, 0.1) is 17.5 Å². The quantitative estimate of drug-likeness (QED) is 0.829. The molecule has 0 heterocycles. The minimum Gasteiger partial charge on any atom is -0.323 e. The lowest BCUT2D eigenvalue weighted by molar-refractivity contribution is -0.117. The van der Waals surface area contributed by atoms with Crippen molar-refractivity contribution in [3.63, 3.8) is 0 Å². The molecule has 0 radical (unpaired) electrons. The molecule has 0 fully saturated rings. The van der Waals surface area contributed by atoms with Gasteiger partial charge in [0.1, 0.15) is 0 Å². The van der Waals surface area contributed by atoms with Gasteiger partial charge in [0.15, 0.2) is 17.5 Å². The number of carbonyl (C=O) groups is 1. The van der Waals surface area contributed by atoms with Crippen molar-refractivity contribution in [2.24, 2.45) is 0 Å². The molecule has 0 aromatic heterocycles. The average Bonchev–Trinajstić information content (AvgIpc) is 2.55. The van der Waals surface area contributed by atoms with Gasteiger partial charge in [-0.25, -0.2) is 13.2 Å². The first-order valence-electron chi connectivity index (χ1n) is 7.10. The lowest BCUT2D eigenvalue weighted by Gasteiger charge is -2.24. The molecule has 1 atom stereocenters. The molecule has 2 aromatic rings. The molecule has 1 amide bonds. The smallest absolute Gasteiger partial charge is 0.232 e. The van der Waals surface area contributed by atoms with Gasteiger partial charge in [-0.3, -0.25) is 4.79 Å². The Morgan fingerprint density at radius 1 is 1.05 bits per heavy atom. The van der Waals surface area contributed by atoms with E-state index < -0.39 is 29.3 Å². The Hall–Kier alpha value is -2.30. The molecule has 1 unspecified atom stereocenters. The van der Waals surface area contributed by atoms with Crippen molar-refractivity contribution in [2.75, 3.05) is 5.32 Å². The number of rotatable bonds is 2. The van der Waals surface area contributed by atoms with E-state index in [1.807, 2.05) is 24.3 Å². The number of halogens is 3. The Kier molecular flexibility index (Phi) is 3.88. The summed E-state index contributed by atoms with van der Waals surface area (Å²) >= 11 is 0. The van der Waals surface area contributed by atoms with E-state index >= 15 is 0 Å². The third-order valence-corrected chi connectivity index (χ3v) is 3.98. The molecule has 5 heteroatoms. The number of benzene rings is 2. The number of aryl methyl sites for hydroxylation is 1. The zero-order valence-corrected chi connectivity index (χ0v) is 11.7. The van der Waals surface area contributed by atoms with Crippen molar-refractivity contribution in [3.8, 4) is 0 Å². The highest BCUT2D eigenvalue weighted by Gasteiger charge is 2.27. The van der Waals surface area contributed by atoms with Crippen LogP contribution in [0.5, 0.6) is 0 Å². The monoisotopic (exact) mass is 305 g/mol. The number of fused-ring (bicyclic) bond motifs is 1. The van der Waals surface area contributed by atoms with Gasteiger partial charge in [0.05, 0.1) is 11.6 Å². The Labute approximate surface area is 126 Å². The summed E-state index contributed by atoms with van der Waals surface area (Å²) in [4.78, 5) is 12.4. The van der Waals surface area contributed by atoms with Gasteiger partial charge in [-0.2, -0.15) is 0 Å². The SMILES string of the molecule is O=C(Nc1ccc(F)c(F)c1F)C1CCCc2ccccc21. The first kappa shape index (κ1) is 14.6. The topological polar surface area (TPSA) is 29.1 Å². The summed E-state index contributed by atoms with van der Waals surface area (Å²) in [6.07, 6.45) is 2.41. The van der Waals surface area contributed by atoms with Crippen LogP contribution in [0.25, 0.3) is 0 Å². The molecular formula is C17H14F3NO. The van der Waals surface area contributed by atoms with E-state index in [-0.39, 0.29) is 5.69 Å². The first-order valence-corrected chi connectivity index (χ1v) is 7.10. The number of anilines is 1. The van der Waals surface area contributed by atoms with Gasteiger partial charge < -0.3 is 5.32 Å².